The predicted molar refractivity (Wildman–Crippen MR) is 93.0 cm³/mol. The largest absolute Gasteiger partial charge is 0.452 e. The minimum atomic E-state index is -0.568. The van der Waals surface area contributed by atoms with Crippen molar-refractivity contribution in [1.29, 1.82) is 0 Å². The fourth-order valence-electron chi connectivity index (χ4n) is 2.31. The highest BCUT2D eigenvalue weighted by Crippen LogP contribution is 2.17. The lowest BCUT2D eigenvalue weighted by Gasteiger charge is -2.34. The van der Waals surface area contributed by atoms with E-state index in [1.54, 1.807) is 15.9 Å². The van der Waals surface area contributed by atoms with Gasteiger partial charge >= 0.3 is 5.97 Å². The van der Waals surface area contributed by atoms with Gasteiger partial charge in [0, 0.05) is 43.7 Å². The molecule has 0 atom stereocenters. The molecule has 2 rings (SSSR count). The maximum atomic E-state index is 12.0. The Kier molecular flexibility index (Phi) is 6.54. The maximum absolute atomic E-state index is 12.0. The number of carbonyl (C=O) groups is 3. The third-order valence-electron chi connectivity index (χ3n) is 3.72. The second-order valence-corrected chi connectivity index (χ2v) is 6.20. The summed E-state index contributed by atoms with van der Waals surface area (Å²) in [4.78, 5) is 38.3. The molecule has 1 heterocycles. The standard InChI is InChI=1S/C17H19BrN2O4/c1-13(21)19-8-10-20(11-9-19)16(22)12-24-17(23)7-6-14-4-2-3-5-15(14)18/h2-7H,8-12H2,1H3/b7-6+. The number of rotatable bonds is 4. The summed E-state index contributed by atoms with van der Waals surface area (Å²) >= 11 is 3.38. The Morgan fingerprint density at radius 2 is 1.75 bits per heavy atom. The molecule has 6 nitrogen and oxygen atoms in total. The number of halogens is 1. The van der Waals surface area contributed by atoms with Crippen LogP contribution in [0.1, 0.15) is 12.5 Å². The molecule has 1 aromatic rings. The van der Waals surface area contributed by atoms with Crippen molar-refractivity contribution < 1.29 is 19.1 Å². The Hall–Kier alpha value is -2.15. The number of hydrogen-bond acceptors (Lipinski definition) is 4. The molecule has 0 spiro atoms. The van der Waals surface area contributed by atoms with E-state index in [1.807, 2.05) is 24.3 Å². The van der Waals surface area contributed by atoms with E-state index in [-0.39, 0.29) is 18.4 Å². The molecule has 0 aromatic heterocycles. The average molecular weight is 395 g/mol. The molecule has 0 N–H and O–H groups in total. The SMILES string of the molecule is CC(=O)N1CCN(C(=O)COC(=O)/C=C/c2ccccc2Br)CC1. The first-order valence-electron chi connectivity index (χ1n) is 7.60. The monoisotopic (exact) mass is 394 g/mol. The first-order valence-corrected chi connectivity index (χ1v) is 8.39. The van der Waals surface area contributed by atoms with E-state index in [0.29, 0.717) is 26.2 Å². The summed E-state index contributed by atoms with van der Waals surface area (Å²) in [5.41, 5.74) is 0.848. The van der Waals surface area contributed by atoms with Crippen LogP contribution in [-0.2, 0) is 19.1 Å². The Morgan fingerprint density at radius 3 is 2.38 bits per heavy atom. The number of esters is 1. The summed E-state index contributed by atoms with van der Waals surface area (Å²) < 4.78 is 5.85. The van der Waals surface area contributed by atoms with Crippen LogP contribution >= 0.6 is 15.9 Å². The van der Waals surface area contributed by atoms with Crippen molar-refractivity contribution in [3.05, 3.63) is 40.4 Å². The molecule has 1 aliphatic rings. The fourth-order valence-corrected chi connectivity index (χ4v) is 2.73. The van der Waals surface area contributed by atoms with Crippen molar-refractivity contribution in [3.8, 4) is 0 Å². The van der Waals surface area contributed by atoms with Crippen LogP contribution in [0.3, 0.4) is 0 Å². The van der Waals surface area contributed by atoms with Gasteiger partial charge < -0.3 is 14.5 Å². The van der Waals surface area contributed by atoms with Gasteiger partial charge in [-0.05, 0) is 17.7 Å². The summed E-state index contributed by atoms with van der Waals surface area (Å²) in [5, 5.41) is 0. The number of carbonyl (C=O) groups excluding carboxylic acids is 3. The molecule has 0 radical (unpaired) electrons. The van der Waals surface area contributed by atoms with E-state index in [9.17, 15) is 14.4 Å². The first-order chi connectivity index (χ1) is 11.5. The third-order valence-corrected chi connectivity index (χ3v) is 4.44. The van der Waals surface area contributed by atoms with E-state index in [1.165, 1.54) is 13.0 Å². The average Bonchev–Trinajstić information content (AvgIpc) is 2.59. The van der Waals surface area contributed by atoms with Gasteiger partial charge in [-0.25, -0.2) is 4.79 Å². The van der Waals surface area contributed by atoms with Crippen LogP contribution in [0.4, 0.5) is 0 Å². The molecule has 1 saturated heterocycles. The number of hydrogen-bond donors (Lipinski definition) is 0. The molecule has 24 heavy (non-hydrogen) atoms. The normalized spacial score (nSPS) is 14.8. The summed E-state index contributed by atoms with van der Waals surface area (Å²) in [6.07, 6.45) is 2.92. The zero-order valence-corrected chi connectivity index (χ0v) is 15.0. The molecule has 1 fully saturated rings. The van der Waals surface area contributed by atoms with E-state index < -0.39 is 5.97 Å². The van der Waals surface area contributed by atoms with Crippen LogP contribution in [0.2, 0.25) is 0 Å². The molecular formula is C17H19BrN2O4. The van der Waals surface area contributed by atoms with Gasteiger partial charge in [0.2, 0.25) is 5.91 Å². The lowest BCUT2D eigenvalue weighted by Crippen LogP contribution is -2.51. The topological polar surface area (TPSA) is 66.9 Å². The molecule has 1 aliphatic heterocycles. The number of nitrogens with zero attached hydrogens (tertiary/aromatic N) is 2. The van der Waals surface area contributed by atoms with Gasteiger partial charge in [-0.2, -0.15) is 0 Å². The van der Waals surface area contributed by atoms with Crippen LogP contribution in [0.25, 0.3) is 6.08 Å². The second-order valence-electron chi connectivity index (χ2n) is 5.35. The van der Waals surface area contributed by atoms with Crippen LogP contribution in [0.5, 0.6) is 0 Å². The number of piperazine rings is 1. The van der Waals surface area contributed by atoms with Gasteiger partial charge in [-0.3, -0.25) is 9.59 Å². The molecule has 7 heteroatoms. The van der Waals surface area contributed by atoms with Crippen molar-refractivity contribution >= 4 is 39.8 Å². The van der Waals surface area contributed by atoms with Crippen LogP contribution in [0.15, 0.2) is 34.8 Å². The molecular weight excluding hydrogens is 376 g/mol. The predicted octanol–water partition coefficient (Wildman–Crippen LogP) is 1.70. The molecule has 0 unspecified atom stereocenters. The van der Waals surface area contributed by atoms with Crippen LogP contribution in [0, 0.1) is 0 Å². The smallest absolute Gasteiger partial charge is 0.331 e. The summed E-state index contributed by atoms with van der Waals surface area (Å²) in [6.45, 7) is 3.16. The van der Waals surface area contributed by atoms with E-state index in [0.717, 1.165) is 10.0 Å². The van der Waals surface area contributed by atoms with Crippen molar-refractivity contribution in [2.24, 2.45) is 0 Å². The van der Waals surface area contributed by atoms with Crippen molar-refractivity contribution in [3.63, 3.8) is 0 Å². The highest BCUT2D eigenvalue weighted by molar-refractivity contribution is 9.10. The van der Waals surface area contributed by atoms with Gasteiger partial charge in [-0.15, -0.1) is 0 Å². The van der Waals surface area contributed by atoms with E-state index >= 15 is 0 Å². The highest BCUT2D eigenvalue weighted by Gasteiger charge is 2.22. The lowest BCUT2D eigenvalue weighted by atomic mass is 10.2. The molecule has 0 saturated carbocycles. The Morgan fingerprint density at radius 1 is 1.12 bits per heavy atom. The van der Waals surface area contributed by atoms with Gasteiger partial charge in [0.05, 0.1) is 0 Å². The highest BCUT2D eigenvalue weighted by atomic mass is 79.9. The van der Waals surface area contributed by atoms with Gasteiger partial charge in [0.1, 0.15) is 0 Å². The van der Waals surface area contributed by atoms with Gasteiger partial charge in [-0.1, -0.05) is 34.1 Å². The fraction of sp³-hybridized carbons (Fsp3) is 0.353. The summed E-state index contributed by atoms with van der Waals surface area (Å²) in [5.74, 6) is -0.812. The van der Waals surface area contributed by atoms with Crippen LogP contribution in [-0.4, -0.2) is 60.4 Å². The van der Waals surface area contributed by atoms with Gasteiger partial charge in [0.25, 0.3) is 5.91 Å². The molecule has 0 bridgehead atoms. The summed E-state index contributed by atoms with van der Waals surface area (Å²) in [7, 11) is 0. The Balaban J connectivity index is 1.77. The molecule has 2 amide bonds. The van der Waals surface area contributed by atoms with E-state index in [4.69, 9.17) is 4.74 Å². The van der Waals surface area contributed by atoms with Crippen LogP contribution < -0.4 is 0 Å². The first kappa shape index (κ1) is 18.2. The minimum Gasteiger partial charge on any atom is -0.452 e. The summed E-state index contributed by atoms with van der Waals surface area (Å²) in [6, 6.07) is 7.47. The molecule has 0 aliphatic carbocycles. The maximum Gasteiger partial charge on any atom is 0.331 e. The molecule has 1 aromatic carbocycles. The van der Waals surface area contributed by atoms with Gasteiger partial charge in [0.15, 0.2) is 6.61 Å². The van der Waals surface area contributed by atoms with Crippen molar-refractivity contribution in [2.75, 3.05) is 32.8 Å². The zero-order chi connectivity index (χ0) is 17.5. The minimum absolute atomic E-state index is 0.00531. The van der Waals surface area contributed by atoms with E-state index in [2.05, 4.69) is 15.9 Å². The zero-order valence-electron chi connectivity index (χ0n) is 13.4. The number of ether oxygens (including phenoxy) is 1. The Bertz CT molecular complexity index is 652. The van der Waals surface area contributed by atoms with Crippen molar-refractivity contribution in [2.45, 2.75) is 6.92 Å². The number of benzene rings is 1. The quantitative estimate of drug-likeness (QED) is 0.575. The Labute approximate surface area is 149 Å². The molecule has 128 valence electrons. The van der Waals surface area contributed by atoms with Crippen molar-refractivity contribution in [1.82, 2.24) is 9.80 Å². The number of amides is 2. The third kappa shape index (κ3) is 5.19. The lowest BCUT2D eigenvalue weighted by molar-refractivity contribution is -0.149. The second kappa shape index (κ2) is 8.63.